The highest BCUT2D eigenvalue weighted by Gasteiger charge is 2.34. The Morgan fingerprint density at radius 1 is 1.27 bits per heavy atom. The Morgan fingerprint density at radius 3 is 2.87 bits per heavy atom. The van der Waals surface area contributed by atoms with Crippen molar-refractivity contribution in [1.29, 1.82) is 0 Å². The third kappa shape index (κ3) is 4.20. The summed E-state index contributed by atoms with van der Waals surface area (Å²) in [6, 6.07) is 8.06. The SMILES string of the molecule is COCCNC(=O)c1sc2ccccc2c1[C@@H]1CCN(C(=O)CN2CCCC2=O)C1. The number of hydrogen-bond acceptors (Lipinski definition) is 5. The van der Waals surface area contributed by atoms with Crippen LogP contribution in [0.15, 0.2) is 24.3 Å². The molecule has 2 aliphatic rings. The van der Waals surface area contributed by atoms with Gasteiger partial charge in [-0.2, -0.15) is 0 Å². The highest BCUT2D eigenvalue weighted by Crippen LogP contribution is 2.40. The molecule has 0 spiro atoms. The van der Waals surface area contributed by atoms with Crippen LogP contribution in [0.4, 0.5) is 0 Å². The smallest absolute Gasteiger partial charge is 0.261 e. The lowest BCUT2D eigenvalue weighted by atomic mass is 9.95. The van der Waals surface area contributed by atoms with Crippen molar-refractivity contribution in [2.75, 3.05) is 46.4 Å². The van der Waals surface area contributed by atoms with Crippen molar-refractivity contribution in [1.82, 2.24) is 15.1 Å². The summed E-state index contributed by atoms with van der Waals surface area (Å²) >= 11 is 1.50. The molecule has 1 N–H and O–H groups in total. The number of hydrogen-bond donors (Lipinski definition) is 1. The quantitative estimate of drug-likeness (QED) is 0.685. The summed E-state index contributed by atoms with van der Waals surface area (Å²) in [5, 5.41) is 4.02. The number of methoxy groups -OCH3 is 1. The van der Waals surface area contributed by atoms with Crippen molar-refractivity contribution in [3.05, 3.63) is 34.7 Å². The fourth-order valence-corrected chi connectivity index (χ4v) is 5.55. The van der Waals surface area contributed by atoms with Crippen molar-refractivity contribution in [3.63, 3.8) is 0 Å². The van der Waals surface area contributed by atoms with Gasteiger partial charge in [-0.1, -0.05) is 18.2 Å². The molecule has 7 nitrogen and oxygen atoms in total. The molecule has 2 saturated heterocycles. The van der Waals surface area contributed by atoms with Gasteiger partial charge in [0.15, 0.2) is 0 Å². The Bertz CT molecular complexity index is 957. The molecule has 2 fully saturated rings. The molecule has 3 heterocycles. The van der Waals surface area contributed by atoms with E-state index in [4.69, 9.17) is 4.74 Å². The number of nitrogens with zero attached hydrogens (tertiary/aromatic N) is 2. The van der Waals surface area contributed by atoms with Gasteiger partial charge in [0.2, 0.25) is 11.8 Å². The summed E-state index contributed by atoms with van der Waals surface area (Å²) in [5.74, 6) is 0.0922. The number of thiophene rings is 1. The Kier molecular flexibility index (Phi) is 6.34. The lowest BCUT2D eigenvalue weighted by molar-refractivity contribution is -0.137. The molecule has 0 unspecified atom stereocenters. The molecule has 1 aromatic carbocycles. The number of ether oxygens (including phenoxy) is 1. The maximum absolute atomic E-state index is 12.9. The van der Waals surface area contributed by atoms with Crippen molar-refractivity contribution in [2.24, 2.45) is 0 Å². The molecule has 160 valence electrons. The first kappa shape index (κ1) is 20.8. The third-order valence-electron chi connectivity index (χ3n) is 5.88. The van der Waals surface area contributed by atoms with E-state index in [1.54, 1.807) is 12.0 Å². The van der Waals surface area contributed by atoms with E-state index in [2.05, 4.69) is 11.4 Å². The minimum absolute atomic E-state index is 0.00150. The monoisotopic (exact) mass is 429 g/mol. The summed E-state index contributed by atoms with van der Waals surface area (Å²) in [6.07, 6.45) is 2.19. The standard InChI is InChI=1S/C22H27N3O4S/c1-29-12-9-23-22(28)21-20(16-5-2-3-6-17(16)30-21)15-8-11-25(13-15)19(27)14-24-10-4-7-18(24)26/h2-3,5-6,15H,4,7-14H2,1H3,(H,23,28)/t15-/m1/s1. The van der Waals surface area contributed by atoms with Crippen LogP contribution in [0.5, 0.6) is 0 Å². The first-order valence-corrected chi connectivity index (χ1v) is 11.2. The summed E-state index contributed by atoms with van der Waals surface area (Å²) in [7, 11) is 1.61. The molecular formula is C22H27N3O4S. The Morgan fingerprint density at radius 2 is 2.10 bits per heavy atom. The van der Waals surface area contributed by atoms with Gasteiger partial charge in [0.25, 0.3) is 5.91 Å². The van der Waals surface area contributed by atoms with Gasteiger partial charge in [-0.3, -0.25) is 14.4 Å². The predicted molar refractivity (Wildman–Crippen MR) is 116 cm³/mol. The molecule has 0 aliphatic carbocycles. The highest BCUT2D eigenvalue weighted by molar-refractivity contribution is 7.21. The van der Waals surface area contributed by atoms with Gasteiger partial charge in [0.05, 0.1) is 18.0 Å². The molecule has 0 radical (unpaired) electrons. The second-order valence-corrected chi connectivity index (χ2v) is 8.89. The number of likely N-dealkylation sites (tertiary alicyclic amines) is 2. The second-order valence-electron chi connectivity index (χ2n) is 7.83. The van der Waals surface area contributed by atoms with E-state index >= 15 is 0 Å². The van der Waals surface area contributed by atoms with Crippen molar-refractivity contribution < 1.29 is 19.1 Å². The molecule has 3 amide bonds. The van der Waals surface area contributed by atoms with E-state index in [-0.39, 0.29) is 30.2 Å². The molecule has 0 saturated carbocycles. The topological polar surface area (TPSA) is 79.0 Å². The minimum atomic E-state index is -0.0873. The van der Waals surface area contributed by atoms with Gasteiger partial charge in [-0.05, 0) is 29.9 Å². The average Bonchev–Trinajstić information content (AvgIpc) is 3.46. The van der Waals surface area contributed by atoms with Gasteiger partial charge >= 0.3 is 0 Å². The number of carbonyl (C=O) groups is 3. The van der Waals surface area contributed by atoms with E-state index in [1.165, 1.54) is 11.3 Å². The number of benzene rings is 1. The first-order chi connectivity index (χ1) is 14.6. The zero-order valence-corrected chi connectivity index (χ0v) is 18.0. The predicted octanol–water partition coefficient (Wildman–Crippen LogP) is 2.22. The Hall–Kier alpha value is -2.45. The molecule has 4 rings (SSSR count). The summed E-state index contributed by atoms with van der Waals surface area (Å²) in [6.45, 7) is 3.00. The van der Waals surface area contributed by atoms with Crippen LogP contribution in [-0.4, -0.2) is 74.0 Å². The molecule has 1 atom stereocenters. The van der Waals surface area contributed by atoms with Gasteiger partial charge < -0.3 is 19.9 Å². The fraction of sp³-hybridized carbons (Fsp3) is 0.500. The molecule has 0 bridgehead atoms. The summed E-state index contributed by atoms with van der Waals surface area (Å²) in [5.41, 5.74) is 1.04. The van der Waals surface area contributed by atoms with Crippen LogP contribution in [-0.2, 0) is 14.3 Å². The number of fused-ring (bicyclic) bond motifs is 1. The van der Waals surface area contributed by atoms with Crippen LogP contribution in [0, 0.1) is 0 Å². The summed E-state index contributed by atoms with van der Waals surface area (Å²) < 4.78 is 6.12. The number of amides is 3. The minimum Gasteiger partial charge on any atom is -0.383 e. The van der Waals surface area contributed by atoms with Gasteiger partial charge in [0.1, 0.15) is 0 Å². The summed E-state index contributed by atoms with van der Waals surface area (Å²) in [4.78, 5) is 41.7. The normalized spacial score (nSPS) is 19.1. The molecular weight excluding hydrogens is 402 g/mol. The number of rotatable bonds is 7. The molecule has 30 heavy (non-hydrogen) atoms. The van der Waals surface area contributed by atoms with Crippen LogP contribution >= 0.6 is 11.3 Å². The van der Waals surface area contributed by atoms with Crippen molar-refractivity contribution in [2.45, 2.75) is 25.2 Å². The van der Waals surface area contributed by atoms with Crippen molar-refractivity contribution in [3.8, 4) is 0 Å². The third-order valence-corrected chi connectivity index (χ3v) is 7.06. The van der Waals surface area contributed by atoms with E-state index in [0.717, 1.165) is 33.4 Å². The van der Waals surface area contributed by atoms with E-state index in [0.29, 0.717) is 39.2 Å². The van der Waals surface area contributed by atoms with Crippen LogP contribution in [0.3, 0.4) is 0 Å². The van der Waals surface area contributed by atoms with E-state index in [1.807, 2.05) is 23.1 Å². The van der Waals surface area contributed by atoms with Crippen LogP contribution in [0.2, 0.25) is 0 Å². The van der Waals surface area contributed by atoms with E-state index < -0.39 is 0 Å². The lowest BCUT2D eigenvalue weighted by Gasteiger charge is -2.21. The second kappa shape index (κ2) is 9.14. The number of nitrogens with one attached hydrogen (secondary N) is 1. The zero-order valence-electron chi connectivity index (χ0n) is 17.2. The van der Waals surface area contributed by atoms with Crippen molar-refractivity contribution >= 4 is 39.1 Å². The largest absolute Gasteiger partial charge is 0.383 e. The van der Waals surface area contributed by atoms with Crippen LogP contribution in [0.1, 0.15) is 40.4 Å². The molecule has 1 aromatic heterocycles. The van der Waals surface area contributed by atoms with Crippen LogP contribution < -0.4 is 5.32 Å². The highest BCUT2D eigenvalue weighted by atomic mass is 32.1. The zero-order chi connectivity index (χ0) is 21.1. The maximum atomic E-state index is 12.9. The Balaban J connectivity index is 1.52. The first-order valence-electron chi connectivity index (χ1n) is 10.4. The van der Waals surface area contributed by atoms with Gasteiger partial charge in [0, 0.05) is 50.3 Å². The molecule has 8 heteroatoms. The fourth-order valence-electron chi connectivity index (χ4n) is 4.34. The number of carbonyl (C=O) groups excluding carboxylic acids is 3. The van der Waals surface area contributed by atoms with Gasteiger partial charge in [-0.15, -0.1) is 11.3 Å². The molecule has 2 aromatic rings. The lowest BCUT2D eigenvalue weighted by Crippen LogP contribution is -2.39. The maximum Gasteiger partial charge on any atom is 0.261 e. The Labute approximate surface area is 180 Å². The molecule has 2 aliphatic heterocycles. The van der Waals surface area contributed by atoms with Crippen LogP contribution in [0.25, 0.3) is 10.1 Å². The van der Waals surface area contributed by atoms with Gasteiger partial charge in [-0.25, -0.2) is 0 Å². The average molecular weight is 430 g/mol. The van der Waals surface area contributed by atoms with E-state index in [9.17, 15) is 14.4 Å².